The topological polar surface area (TPSA) is 128 Å². The maximum absolute atomic E-state index is 11.6. The number of phenolic OH excluding ortho intramolecular Hbond substituents is 1. The lowest BCUT2D eigenvalue weighted by atomic mass is 9.87. The van der Waals surface area contributed by atoms with Crippen LogP contribution in [0.5, 0.6) is 5.75 Å². The second-order valence-corrected chi connectivity index (χ2v) is 8.38. The molecule has 0 saturated carbocycles. The molecule has 0 saturated heterocycles. The van der Waals surface area contributed by atoms with Crippen molar-refractivity contribution in [3.05, 3.63) is 42.0 Å². The summed E-state index contributed by atoms with van der Waals surface area (Å²) in [5, 5.41) is 20.2. The minimum atomic E-state index is -4.58. The summed E-state index contributed by atoms with van der Waals surface area (Å²) in [4.78, 5) is 10.7. The lowest BCUT2D eigenvalue weighted by Gasteiger charge is -2.19. The molecule has 0 fully saturated rings. The fourth-order valence-corrected chi connectivity index (χ4v) is 2.93. The number of phenols is 1. The number of benzene rings is 2. The molecule has 3 N–H and O–H groups in total. The van der Waals surface area contributed by atoms with Gasteiger partial charge in [-0.1, -0.05) is 26.8 Å². The third-order valence-electron chi connectivity index (χ3n) is 3.67. The number of carbonyl (C=O) groups excluding carboxylic acids is 1. The predicted octanol–water partition coefficient (Wildman–Crippen LogP) is 4.31. The molecule has 0 aliphatic rings. The van der Waals surface area contributed by atoms with E-state index in [9.17, 15) is 22.9 Å². The van der Waals surface area contributed by atoms with Gasteiger partial charge in [-0.2, -0.15) is 13.5 Å². The number of carbonyl (C=O) groups is 1. The Kier molecular flexibility index (Phi) is 5.67. The van der Waals surface area contributed by atoms with Gasteiger partial charge in [0.1, 0.15) is 16.3 Å². The van der Waals surface area contributed by atoms with Crippen LogP contribution in [0, 0.1) is 0 Å². The number of rotatable bonds is 4. The molecule has 0 bridgehead atoms. The van der Waals surface area contributed by atoms with Crippen LogP contribution in [0.2, 0.25) is 0 Å². The van der Waals surface area contributed by atoms with E-state index in [0.717, 1.165) is 11.6 Å². The molecule has 2 rings (SSSR count). The summed E-state index contributed by atoms with van der Waals surface area (Å²) in [6.07, 6.45) is 0. The van der Waals surface area contributed by atoms with Crippen molar-refractivity contribution in [2.24, 2.45) is 10.2 Å². The Morgan fingerprint density at radius 1 is 1.07 bits per heavy atom. The Balaban J connectivity index is 2.45. The lowest BCUT2D eigenvalue weighted by molar-refractivity contribution is -0.114. The molecule has 0 heterocycles. The Hall–Kier alpha value is -2.78. The van der Waals surface area contributed by atoms with E-state index in [0.29, 0.717) is 0 Å². The monoisotopic (exact) mass is 391 g/mol. The van der Waals surface area contributed by atoms with Crippen LogP contribution >= 0.6 is 0 Å². The van der Waals surface area contributed by atoms with Crippen molar-refractivity contribution in [3.63, 3.8) is 0 Å². The van der Waals surface area contributed by atoms with Crippen LogP contribution in [0.4, 0.5) is 17.1 Å². The van der Waals surface area contributed by atoms with Crippen LogP contribution in [-0.2, 0) is 20.3 Å². The Morgan fingerprint density at radius 2 is 1.74 bits per heavy atom. The van der Waals surface area contributed by atoms with Gasteiger partial charge in [-0.05, 0) is 41.3 Å². The first-order chi connectivity index (χ1) is 12.4. The summed E-state index contributed by atoms with van der Waals surface area (Å²) in [6, 6.07) is 8.78. The minimum absolute atomic E-state index is 0.0680. The molecule has 8 nitrogen and oxygen atoms in total. The van der Waals surface area contributed by atoms with Gasteiger partial charge in [0.15, 0.2) is 0 Å². The smallest absolute Gasteiger partial charge is 0.296 e. The lowest BCUT2D eigenvalue weighted by Crippen LogP contribution is -2.10. The molecule has 0 atom stereocenters. The van der Waals surface area contributed by atoms with Gasteiger partial charge in [-0.15, -0.1) is 5.11 Å². The van der Waals surface area contributed by atoms with Crippen molar-refractivity contribution in [1.29, 1.82) is 0 Å². The highest BCUT2D eigenvalue weighted by atomic mass is 32.2. The highest BCUT2D eigenvalue weighted by Crippen LogP contribution is 2.34. The highest BCUT2D eigenvalue weighted by Gasteiger charge is 2.18. The quantitative estimate of drug-likeness (QED) is 0.528. The summed E-state index contributed by atoms with van der Waals surface area (Å²) < 4.78 is 32.5. The third kappa shape index (κ3) is 5.35. The molecule has 0 aromatic heterocycles. The molecular formula is C18H21N3O5S. The summed E-state index contributed by atoms with van der Waals surface area (Å²) in [7, 11) is -4.58. The number of nitrogens with zero attached hydrogens (tertiary/aromatic N) is 2. The molecule has 2 aromatic carbocycles. The first kappa shape index (κ1) is 20.5. The predicted molar refractivity (Wildman–Crippen MR) is 102 cm³/mol. The van der Waals surface area contributed by atoms with Crippen LogP contribution in [0.1, 0.15) is 33.3 Å². The van der Waals surface area contributed by atoms with Gasteiger partial charge in [-0.25, -0.2) is 0 Å². The molecule has 0 unspecified atom stereocenters. The number of anilines is 1. The average molecular weight is 391 g/mol. The van der Waals surface area contributed by atoms with Gasteiger partial charge < -0.3 is 10.4 Å². The Labute approximate surface area is 157 Å². The molecular weight excluding hydrogens is 370 g/mol. The number of nitrogens with one attached hydrogen (secondary N) is 1. The third-order valence-corrected chi connectivity index (χ3v) is 4.56. The van der Waals surface area contributed by atoms with E-state index in [2.05, 4.69) is 15.5 Å². The van der Waals surface area contributed by atoms with Crippen LogP contribution in [0.3, 0.4) is 0 Å². The molecule has 0 aliphatic heterocycles. The van der Waals surface area contributed by atoms with Crippen molar-refractivity contribution in [1.82, 2.24) is 0 Å². The first-order valence-corrected chi connectivity index (χ1v) is 9.46. The second-order valence-electron chi connectivity index (χ2n) is 6.99. The number of aromatic hydroxyl groups is 1. The van der Waals surface area contributed by atoms with E-state index < -0.39 is 20.9 Å². The molecule has 2 aromatic rings. The largest absolute Gasteiger partial charge is 0.506 e. The summed E-state index contributed by atoms with van der Waals surface area (Å²) in [5.74, 6) is -0.560. The van der Waals surface area contributed by atoms with E-state index in [-0.39, 0.29) is 28.2 Å². The average Bonchev–Trinajstić information content (AvgIpc) is 2.52. The fraction of sp³-hybridized carbons (Fsp3) is 0.278. The molecule has 0 aliphatic carbocycles. The standard InChI is InChI=1S/C18H21N3O5S/c1-11(22)19-14-7-6-13(10-17(14)27(24,25)26)20-21-15-9-12(18(2,3)4)5-8-16(15)23/h5-10,23H,1-4H3,(H,19,22)(H,24,25,26). The molecule has 9 heteroatoms. The van der Waals surface area contributed by atoms with Gasteiger partial charge in [0.25, 0.3) is 10.1 Å². The Bertz CT molecular complexity index is 1010. The molecule has 1 amide bonds. The van der Waals surface area contributed by atoms with Gasteiger partial charge in [0.05, 0.1) is 11.4 Å². The Morgan fingerprint density at radius 3 is 2.30 bits per heavy atom. The van der Waals surface area contributed by atoms with Gasteiger partial charge >= 0.3 is 0 Å². The maximum atomic E-state index is 11.6. The van der Waals surface area contributed by atoms with Crippen LogP contribution in [0.15, 0.2) is 51.5 Å². The zero-order valence-corrected chi connectivity index (χ0v) is 16.2. The normalized spacial score (nSPS) is 12.3. The first-order valence-electron chi connectivity index (χ1n) is 8.02. The number of hydrogen-bond donors (Lipinski definition) is 3. The van der Waals surface area contributed by atoms with Crippen LogP contribution < -0.4 is 5.32 Å². The zero-order chi connectivity index (χ0) is 20.4. The number of amides is 1. The summed E-state index contributed by atoms with van der Waals surface area (Å²) in [5.41, 5.74) is 1.06. The molecule has 144 valence electrons. The fourth-order valence-electron chi connectivity index (χ4n) is 2.26. The van der Waals surface area contributed by atoms with Crippen LogP contribution in [-0.4, -0.2) is 24.0 Å². The van der Waals surface area contributed by atoms with Crippen molar-refractivity contribution in [3.8, 4) is 5.75 Å². The number of hydrogen-bond acceptors (Lipinski definition) is 6. The van der Waals surface area contributed by atoms with Gasteiger partial charge in [-0.3, -0.25) is 9.35 Å². The van der Waals surface area contributed by atoms with Gasteiger partial charge in [0.2, 0.25) is 5.91 Å². The van der Waals surface area contributed by atoms with E-state index in [1.54, 1.807) is 12.1 Å². The zero-order valence-electron chi connectivity index (χ0n) is 15.4. The summed E-state index contributed by atoms with van der Waals surface area (Å²) in [6.45, 7) is 7.25. The molecule has 27 heavy (non-hydrogen) atoms. The maximum Gasteiger partial charge on any atom is 0.296 e. The number of azo groups is 1. The van der Waals surface area contributed by atoms with E-state index >= 15 is 0 Å². The van der Waals surface area contributed by atoms with E-state index in [1.807, 2.05) is 20.8 Å². The molecule has 0 radical (unpaired) electrons. The van der Waals surface area contributed by atoms with Crippen molar-refractivity contribution in [2.75, 3.05) is 5.32 Å². The van der Waals surface area contributed by atoms with Crippen molar-refractivity contribution >= 4 is 33.1 Å². The van der Waals surface area contributed by atoms with Crippen molar-refractivity contribution in [2.45, 2.75) is 38.0 Å². The second kappa shape index (κ2) is 7.45. The summed E-state index contributed by atoms with van der Waals surface area (Å²) >= 11 is 0. The highest BCUT2D eigenvalue weighted by molar-refractivity contribution is 7.86. The van der Waals surface area contributed by atoms with Crippen molar-refractivity contribution < 1.29 is 22.9 Å². The SMILES string of the molecule is CC(=O)Nc1ccc(N=Nc2cc(C(C)(C)C)ccc2O)cc1S(=O)(=O)O. The van der Waals surface area contributed by atoms with E-state index in [4.69, 9.17) is 0 Å². The minimum Gasteiger partial charge on any atom is -0.506 e. The van der Waals surface area contributed by atoms with E-state index in [1.165, 1.54) is 25.1 Å². The molecule has 0 spiro atoms. The van der Waals surface area contributed by atoms with Crippen LogP contribution in [0.25, 0.3) is 0 Å². The van der Waals surface area contributed by atoms with Gasteiger partial charge in [0, 0.05) is 6.92 Å².